The highest BCUT2D eigenvalue weighted by molar-refractivity contribution is 7.10. The summed E-state index contributed by atoms with van der Waals surface area (Å²) in [6, 6.07) is 8.48. The molecule has 0 aliphatic carbocycles. The van der Waals surface area contributed by atoms with Gasteiger partial charge < -0.3 is 5.32 Å². The molecule has 0 spiro atoms. The highest BCUT2D eigenvalue weighted by Gasteiger charge is 2.30. The van der Waals surface area contributed by atoms with Crippen molar-refractivity contribution in [2.24, 2.45) is 0 Å². The lowest BCUT2D eigenvalue weighted by Gasteiger charge is -2.17. The quantitative estimate of drug-likeness (QED) is 0.549. The summed E-state index contributed by atoms with van der Waals surface area (Å²) in [4.78, 5) is 22.3. The van der Waals surface area contributed by atoms with E-state index in [0.29, 0.717) is 16.8 Å². The van der Waals surface area contributed by atoms with Gasteiger partial charge in [0.15, 0.2) is 5.82 Å². The van der Waals surface area contributed by atoms with Crippen molar-refractivity contribution in [2.45, 2.75) is 38.9 Å². The lowest BCUT2D eigenvalue weighted by molar-refractivity contribution is -0.137. The van der Waals surface area contributed by atoms with Crippen molar-refractivity contribution >= 4 is 17.2 Å². The average molecular weight is 419 g/mol. The summed E-state index contributed by atoms with van der Waals surface area (Å²) in [5, 5.41) is 5.00. The molecule has 2 heterocycles. The number of carbonyl (C=O) groups excluding carboxylic acids is 1. The Balaban J connectivity index is 1.79. The van der Waals surface area contributed by atoms with Gasteiger partial charge in [-0.05, 0) is 36.9 Å². The number of amides is 1. The molecule has 1 amide bonds. The van der Waals surface area contributed by atoms with Crippen LogP contribution in [0.4, 0.5) is 13.2 Å². The van der Waals surface area contributed by atoms with E-state index in [-0.39, 0.29) is 17.8 Å². The summed E-state index contributed by atoms with van der Waals surface area (Å²) in [6.07, 6.45) is -1.24. The zero-order valence-corrected chi connectivity index (χ0v) is 16.8. The summed E-state index contributed by atoms with van der Waals surface area (Å²) in [7, 11) is 0. The Morgan fingerprint density at radius 2 is 1.93 bits per heavy atom. The van der Waals surface area contributed by atoms with Crippen LogP contribution >= 0.6 is 11.3 Å². The molecule has 0 bridgehead atoms. The van der Waals surface area contributed by atoms with Crippen LogP contribution in [0.15, 0.2) is 48.0 Å². The van der Waals surface area contributed by atoms with E-state index in [2.05, 4.69) is 22.2 Å². The number of halogens is 3. The Morgan fingerprint density at radius 3 is 2.48 bits per heavy atom. The van der Waals surface area contributed by atoms with Gasteiger partial charge in [0.25, 0.3) is 5.91 Å². The Morgan fingerprint density at radius 1 is 1.21 bits per heavy atom. The number of carbonyl (C=O) groups is 1. The van der Waals surface area contributed by atoms with E-state index in [4.69, 9.17) is 0 Å². The lowest BCUT2D eigenvalue weighted by atomic mass is 10.1. The third-order valence-corrected chi connectivity index (χ3v) is 5.45. The number of hydrogen-bond donors (Lipinski definition) is 1. The highest BCUT2D eigenvalue weighted by Crippen LogP contribution is 2.30. The van der Waals surface area contributed by atoms with Crippen molar-refractivity contribution < 1.29 is 18.0 Å². The molecule has 29 heavy (non-hydrogen) atoms. The Bertz CT molecular complexity index is 970. The minimum atomic E-state index is -4.39. The molecule has 152 valence electrons. The van der Waals surface area contributed by atoms with Crippen LogP contribution < -0.4 is 5.32 Å². The van der Waals surface area contributed by atoms with Crippen LogP contribution in [0.25, 0.3) is 11.4 Å². The molecule has 0 fully saturated rings. The molecule has 2 aromatic heterocycles. The lowest BCUT2D eigenvalue weighted by Crippen LogP contribution is -2.29. The van der Waals surface area contributed by atoms with Crippen LogP contribution in [0, 0.1) is 6.92 Å². The maximum absolute atomic E-state index is 12.7. The maximum atomic E-state index is 12.7. The Labute approximate surface area is 170 Å². The van der Waals surface area contributed by atoms with E-state index < -0.39 is 11.7 Å². The van der Waals surface area contributed by atoms with E-state index in [1.165, 1.54) is 18.3 Å². The van der Waals surface area contributed by atoms with Gasteiger partial charge in [-0.15, -0.1) is 11.3 Å². The smallest absolute Gasteiger partial charge is 0.344 e. The topological polar surface area (TPSA) is 54.9 Å². The fraction of sp³-hybridized carbons (Fsp3) is 0.286. The van der Waals surface area contributed by atoms with Crippen LogP contribution in [0.2, 0.25) is 0 Å². The normalized spacial score (nSPS) is 12.6. The van der Waals surface area contributed by atoms with Crippen LogP contribution in [0.1, 0.15) is 52.3 Å². The van der Waals surface area contributed by atoms with E-state index in [1.807, 2.05) is 17.5 Å². The van der Waals surface area contributed by atoms with Gasteiger partial charge in [0, 0.05) is 16.6 Å². The summed E-state index contributed by atoms with van der Waals surface area (Å²) >= 11 is 1.59. The fourth-order valence-corrected chi connectivity index (χ4v) is 3.75. The zero-order chi connectivity index (χ0) is 21.0. The number of nitrogens with one attached hydrogen (secondary N) is 1. The molecule has 0 saturated heterocycles. The summed E-state index contributed by atoms with van der Waals surface area (Å²) in [5.41, 5.74) is 0.534. The second-order valence-corrected chi connectivity index (χ2v) is 7.58. The summed E-state index contributed by atoms with van der Waals surface area (Å²) in [5.74, 6) is 0.00413. The molecule has 3 rings (SSSR count). The van der Waals surface area contributed by atoms with E-state index >= 15 is 0 Å². The van der Waals surface area contributed by atoms with Crippen molar-refractivity contribution in [2.75, 3.05) is 0 Å². The number of rotatable bonds is 6. The van der Waals surface area contributed by atoms with Gasteiger partial charge in [0.05, 0.1) is 22.9 Å². The number of thiophene rings is 1. The van der Waals surface area contributed by atoms with Gasteiger partial charge >= 0.3 is 6.18 Å². The van der Waals surface area contributed by atoms with E-state index in [1.54, 1.807) is 18.3 Å². The number of aromatic nitrogens is 2. The second kappa shape index (κ2) is 8.73. The van der Waals surface area contributed by atoms with Crippen molar-refractivity contribution in [1.29, 1.82) is 0 Å². The number of aryl methyl sites for hydroxylation is 1. The predicted octanol–water partition coefficient (Wildman–Crippen LogP) is 5.80. The first-order valence-electron chi connectivity index (χ1n) is 9.15. The fourth-order valence-electron chi connectivity index (χ4n) is 2.94. The number of alkyl halides is 3. The van der Waals surface area contributed by atoms with Crippen LogP contribution in [0.5, 0.6) is 0 Å². The number of nitrogens with zero attached hydrogens (tertiary/aromatic N) is 2. The van der Waals surface area contributed by atoms with Crippen LogP contribution in [-0.2, 0) is 6.18 Å². The molecular weight excluding hydrogens is 399 g/mol. The predicted molar refractivity (Wildman–Crippen MR) is 107 cm³/mol. The molecule has 0 aliphatic heterocycles. The molecule has 8 heteroatoms. The SMILES string of the molecule is CCCC(NC(=O)c1cnc(-c2ccc(C(F)(F)F)cc2)nc1C)c1cccs1. The monoisotopic (exact) mass is 419 g/mol. The van der Waals surface area contributed by atoms with E-state index in [9.17, 15) is 18.0 Å². The average Bonchev–Trinajstić information content (AvgIpc) is 3.21. The molecular formula is C21H20F3N3OS. The number of benzene rings is 1. The Hall–Kier alpha value is -2.74. The highest BCUT2D eigenvalue weighted by atomic mass is 32.1. The maximum Gasteiger partial charge on any atom is 0.416 e. The zero-order valence-electron chi connectivity index (χ0n) is 16.0. The molecule has 1 aromatic carbocycles. The molecule has 1 unspecified atom stereocenters. The van der Waals surface area contributed by atoms with Crippen LogP contribution in [0.3, 0.4) is 0 Å². The van der Waals surface area contributed by atoms with Gasteiger partial charge in [-0.1, -0.05) is 31.5 Å². The third kappa shape index (κ3) is 5.00. The molecule has 0 saturated carbocycles. The van der Waals surface area contributed by atoms with Gasteiger partial charge in [-0.3, -0.25) is 4.79 Å². The largest absolute Gasteiger partial charge is 0.416 e. The minimum Gasteiger partial charge on any atom is -0.344 e. The van der Waals surface area contributed by atoms with Gasteiger partial charge in [0.2, 0.25) is 0 Å². The van der Waals surface area contributed by atoms with Gasteiger partial charge in [-0.25, -0.2) is 9.97 Å². The van der Waals surface area contributed by atoms with Crippen LogP contribution in [-0.4, -0.2) is 15.9 Å². The van der Waals surface area contributed by atoms with Crippen molar-refractivity contribution in [3.8, 4) is 11.4 Å². The summed E-state index contributed by atoms with van der Waals surface area (Å²) < 4.78 is 38.1. The number of hydrogen-bond acceptors (Lipinski definition) is 4. The molecule has 0 aliphatic rings. The molecule has 0 radical (unpaired) electrons. The first kappa shape index (κ1) is 21.0. The standard InChI is InChI=1S/C21H20F3N3OS/c1-3-5-17(18-6-4-11-29-18)27-20(28)16-12-25-19(26-13(16)2)14-7-9-15(10-8-14)21(22,23)24/h4,6-12,17H,3,5H2,1-2H3,(H,27,28). The molecule has 1 N–H and O–H groups in total. The molecule has 1 atom stereocenters. The molecule has 3 aromatic rings. The van der Waals surface area contributed by atoms with E-state index in [0.717, 1.165) is 29.9 Å². The first-order chi connectivity index (χ1) is 13.8. The first-order valence-corrected chi connectivity index (χ1v) is 10.0. The van der Waals surface area contributed by atoms with Crippen molar-refractivity contribution in [3.63, 3.8) is 0 Å². The van der Waals surface area contributed by atoms with Crippen molar-refractivity contribution in [1.82, 2.24) is 15.3 Å². The van der Waals surface area contributed by atoms with Gasteiger partial charge in [-0.2, -0.15) is 13.2 Å². The second-order valence-electron chi connectivity index (χ2n) is 6.60. The Kier molecular flexibility index (Phi) is 6.32. The van der Waals surface area contributed by atoms with Crippen molar-refractivity contribution in [3.05, 3.63) is 69.7 Å². The third-order valence-electron chi connectivity index (χ3n) is 4.46. The minimum absolute atomic E-state index is 0.0820. The van der Waals surface area contributed by atoms with Gasteiger partial charge in [0.1, 0.15) is 0 Å². The molecule has 4 nitrogen and oxygen atoms in total. The summed E-state index contributed by atoms with van der Waals surface area (Å²) in [6.45, 7) is 3.74.